The molecule has 0 spiro atoms. The minimum atomic E-state index is -0.863. The Labute approximate surface area is 176 Å². The number of anilines is 1. The zero-order chi connectivity index (χ0) is 21.5. The average molecular weight is 414 g/mol. The number of carbonyl (C=O) groups excluding carboxylic acids is 2. The van der Waals surface area contributed by atoms with Gasteiger partial charge in [-0.05, 0) is 55.5 Å². The molecule has 1 aliphatic rings. The first-order chi connectivity index (χ1) is 14.5. The van der Waals surface area contributed by atoms with Gasteiger partial charge >= 0.3 is 0 Å². The summed E-state index contributed by atoms with van der Waals surface area (Å²) in [5, 5.41) is 2.95. The second kappa shape index (κ2) is 10.3. The fraction of sp³-hybridized carbons (Fsp3) is 0.417. The van der Waals surface area contributed by atoms with Crippen LogP contribution in [0.4, 0.5) is 14.5 Å². The van der Waals surface area contributed by atoms with Gasteiger partial charge in [-0.3, -0.25) is 9.59 Å². The summed E-state index contributed by atoms with van der Waals surface area (Å²) in [6.45, 7) is 2.91. The molecule has 0 bridgehead atoms. The number of rotatable bonds is 7. The fourth-order valence-corrected chi connectivity index (χ4v) is 3.76. The predicted molar refractivity (Wildman–Crippen MR) is 113 cm³/mol. The molecule has 0 aliphatic carbocycles. The van der Waals surface area contributed by atoms with Crippen LogP contribution in [0.1, 0.15) is 54.9 Å². The third kappa shape index (κ3) is 5.65. The van der Waals surface area contributed by atoms with E-state index in [4.69, 9.17) is 0 Å². The van der Waals surface area contributed by atoms with Crippen molar-refractivity contribution in [1.82, 2.24) is 4.90 Å². The van der Waals surface area contributed by atoms with Crippen molar-refractivity contribution in [3.05, 3.63) is 65.2 Å². The molecule has 0 unspecified atom stereocenters. The zero-order valence-corrected chi connectivity index (χ0v) is 17.3. The van der Waals surface area contributed by atoms with Crippen LogP contribution >= 0.6 is 0 Å². The van der Waals surface area contributed by atoms with Crippen LogP contribution in [-0.4, -0.2) is 29.8 Å². The van der Waals surface area contributed by atoms with E-state index in [1.54, 1.807) is 0 Å². The minimum absolute atomic E-state index is 0.0613. The molecule has 1 N–H and O–H groups in total. The van der Waals surface area contributed by atoms with E-state index in [1.165, 1.54) is 29.7 Å². The Morgan fingerprint density at radius 3 is 2.37 bits per heavy atom. The average Bonchev–Trinajstić information content (AvgIpc) is 2.75. The first kappa shape index (κ1) is 21.9. The highest BCUT2D eigenvalue weighted by molar-refractivity contribution is 5.95. The Morgan fingerprint density at radius 2 is 1.73 bits per heavy atom. The molecule has 160 valence electrons. The lowest BCUT2D eigenvalue weighted by Gasteiger charge is -2.31. The van der Waals surface area contributed by atoms with Crippen molar-refractivity contribution in [1.29, 1.82) is 0 Å². The topological polar surface area (TPSA) is 49.4 Å². The molecule has 0 saturated carbocycles. The third-order valence-corrected chi connectivity index (χ3v) is 5.60. The minimum Gasteiger partial charge on any atom is -0.339 e. The Morgan fingerprint density at radius 1 is 1.03 bits per heavy atom. The van der Waals surface area contributed by atoms with Gasteiger partial charge in [0.2, 0.25) is 5.91 Å². The lowest BCUT2D eigenvalue weighted by atomic mass is 9.95. The standard InChI is InChI=1S/C24H28F2N2O2/c1-2-3-4-5-17-6-9-20(10-7-17)27-23(29)18-12-14-28(15-13-18)24(30)21-11-8-19(25)16-22(21)26/h6-11,16,18H,2-5,12-15H2,1H3,(H,27,29). The van der Waals surface area contributed by atoms with E-state index in [1.807, 2.05) is 24.3 Å². The number of halogens is 2. The van der Waals surface area contributed by atoms with Crippen molar-refractivity contribution < 1.29 is 18.4 Å². The molecule has 0 atom stereocenters. The first-order valence-corrected chi connectivity index (χ1v) is 10.6. The summed E-state index contributed by atoms with van der Waals surface area (Å²) < 4.78 is 26.9. The van der Waals surface area contributed by atoms with Crippen LogP contribution in [0.5, 0.6) is 0 Å². The van der Waals surface area contributed by atoms with Crippen LogP contribution in [0.15, 0.2) is 42.5 Å². The fourth-order valence-electron chi connectivity index (χ4n) is 3.76. The van der Waals surface area contributed by atoms with Crippen molar-refractivity contribution in [2.75, 3.05) is 18.4 Å². The summed E-state index contributed by atoms with van der Waals surface area (Å²) in [6.07, 6.45) is 5.64. The number of hydrogen-bond acceptors (Lipinski definition) is 2. The Kier molecular flexibility index (Phi) is 7.55. The number of hydrogen-bond donors (Lipinski definition) is 1. The smallest absolute Gasteiger partial charge is 0.256 e. The lowest BCUT2D eigenvalue weighted by molar-refractivity contribution is -0.121. The molecule has 1 saturated heterocycles. The number of amides is 2. The predicted octanol–water partition coefficient (Wildman–Crippen LogP) is 5.19. The van der Waals surface area contributed by atoms with Gasteiger partial charge in [-0.25, -0.2) is 8.78 Å². The van der Waals surface area contributed by atoms with Gasteiger partial charge in [0, 0.05) is 30.8 Å². The highest BCUT2D eigenvalue weighted by Gasteiger charge is 2.29. The third-order valence-electron chi connectivity index (χ3n) is 5.60. The molecule has 2 aromatic rings. The molecular formula is C24H28F2N2O2. The van der Waals surface area contributed by atoms with Crippen molar-refractivity contribution >= 4 is 17.5 Å². The summed E-state index contributed by atoms with van der Waals surface area (Å²) >= 11 is 0. The van der Waals surface area contributed by atoms with Crippen molar-refractivity contribution in [3.63, 3.8) is 0 Å². The van der Waals surface area contributed by atoms with Crippen LogP contribution in [0.25, 0.3) is 0 Å². The molecule has 1 fully saturated rings. The molecule has 30 heavy (non-hydrogen) atoms. The van der Waals surface area contributed by atoms with Gasteiger partial charge in [-0.15, -0.1) is 0 Å². The molecule has 0 radical (unpaired) electrons. The van der Waals surface area contributed by atoms with E-state index in [2.05, 4.69) is 12.2 Å². The van der Waals surface area contributed by atoms with Gasteiger partial charge in [-0.2, -0.15) is 0 Å². The molecule has 1 heterocycles. The second-order valence-electron chi connectivity index (χ2n) is 7.83. The van der Waals surface area contributed by atoms with Gasteiger partial charge in [0.15, 0.2) is 0 Å². The van der Waals surface area contributed by atoms with Crippen LogP contribution in [-0.2, 0) is 11.2 Å². The van der Waals surface area contributed by atoms with E-state index in [0.717, 1.165) is 24.2 Å². The van der Waals surface area contributed by atoms with Gasteiger partial charge in [-0.1, -0.05) is 31.9 Å². The molecule has 2 aromatic carbocycles. The highest BCUT2D eigenvalue weighted by atomic mass is 19.1. The number of unbranched alkanes of at least 4 members (excludes halogenated alkanes) is 2. The SMILES string of the molecule is CCCCCc1ccc(NC(=O)C2CCN(C(=O)c3ccc(F)cc3F)CC2)cc1. The molecule has 2 amide bonds. The maximum Gasteiger partial charge on any atom is 0.256 e. The molecule has 0 aromatic heterocycles. The van der Waals surface area contributed by atoms with Crippen LogP contribution in [0.3, 0.4) is 0 Å². The Balaban J connectivity index is 1.49. The number of nitrogens with zero attached hydrogens (tertiary/aromatic N) is 1. The molecule has 6 heteroatoms. The van der Waals surface area contributed by atoms with Crippen molar-refractivity contribution in [2.45, 2.75) is 45.4 Å². The maximum absolute atomic E-state index is 13.9. The number of aryl methyl sites for hydroxylation is 1. The summed E-state index contributed by atoms with van der Waals surface area (Å²) in [6, 6.07) is 10.9. The molecular weight excluding hydrogens is 386 g/mol. The Bertz CT molecular complexity index is 875. The zero-order valence-electron chi connectivity index (χ0n) is 17.3. The van der Waals surface area contributed by atoms with Crippen LogP contribution in [0.2, 0.25) is 0 Å². The monoisotopic (exact) mass is 414 g/mol. The van der Waals surface area contributed by atoms with E-state index >= 15 is 0 Å². The maximum atomic E-state index is 13.9. The van der Waals surface area contributed by atoms with Gasteiger partial charge in [0.25, 0.3) is 5.91 Å². The number of piperidine rings is 1. The van der Waals surface area contributed by atoms with Crippen LogP contribution in [0, 0.1) is 17.6 Å². The summed E-state index contributed by atoms with van der Waals surface area (Å²) in [4.78, 5) is 26.6. The molecule has 3 rings (SSSR count). The van der Waals surface area contributed by atoms with Crippen LogP contribution < -0.4 is 5.32 Å². The molecule has 1 aliphatic heterocycles. The summed E-state index contributed by atoms with van der Waals surface area (Å²) in [7, 11) is 0. The first-order valence-electron chi connectivity index (χ1n) is 10.6. The number of nitrogens with one attached hydrogen (secondary N) is 1. The van der Waals surface area contributed by atoms with Gasteiger partial charge in [0.05, 0.1) is 5.56 Å². The van der Waals surface area contributed by atoms with E-state index in [0.29, 0.717) is 32.0 Å². The van der Waals surface area contributed by atoms with E-state index in [9.17, 15) is 18.4 Å². The Hall–Kier alpha value is -2.76. The van der Waals surface area contributed by atoms with Gasteiger partial charge in [0.1, 0.15) is 11.6 Å². The number of carbonyl (C=O) groups is 2. The normalized spacial score (nSPS) is 14.6. The van der Waals surface area contributed by atoms with E-state index < -0.39 is 17.5 Å². The summed E-state index contributed by atoms with van der Waals surface area (Å²) in [5.74, 6) is -2.30. The lowest BCUT2D eigenvalue weighted by Crippen LogP contribution is -2.41. The summed E-state index contributed by atoms with van der Waals surface area (Å²) in [5.41, 5.74) is 1.89. The van der Waals surface area contributed by atoms with Gasteiger partial charge < -0.3 is 10.2 Å². The molecule has 4 nitrogen and oxygen atoms in total. The van der Waals surface area contributed by atoms with E-state index in [-0.39, 0.29) is 17.4 Å². The van der Waals surface area contributed by atoms with Crippen molar-refractivity contribution in [2.24, 2.45) is 5.92 Å². The second-order valence-corrected chi connectivity index (χ2v) is 7.83. The highest BCUT2D eigenvalue weighted by Crippen LogP contribution is 2.22. The van der Waals surface area contributed by atoms with Crippen molar-refractivity contribution in [3.8, 4) is 0 Å². The quantitative estimate of drug-likeness (QED) is 0.634. The largest absolute Gasteiger partial charge is 0.339 e. The number of benzene rings is 2. The number of likely N-dealkylation sites (tertiary alicyclic amines) is 1.